The standard InChI is InChI=1S/C22H26N2O3.C21H22N2O2.CH4/c1-4-12-27-13-11-23-21-18-10-9-17(26-3)14-19(18)22(25)24-20(21)16-7-5-15(2)6-8-16;1-14-3-6-16(7-4-14)19-20(23-9-11-25-12-10-23)17-8-5-15(2)13-18(17)21(24)22-19;/h5-10,14,23H,4,11-13H2,1-3H3,(H,24,25);3-8,13H,9-12H2,1-2H3,(H,22,24);1H4. The first-order valence-corrected chi connectivity index (χ1v) is 18.0. The van der Waals surface area contributed by atoms with Crippen LogP contribution in [0.5, 0.6) is 5.75 Å². The average Bonchev–Trinajstić information content (AvgIpc) is 3.16. The molecule has 1 aliphatic heterocycles. The molecule has 1 fully saturated rings. The van der Waals surface area contributed by atoms with Crippen molar-refractivity contribution in [3.05, 3.63) is 122 Å². The average molecular weight is 717 g/mol. The number of hydrogen-bond donors (Lipinski definition) is 3. The molecule has 1 saturated heterocycles. The molecule has 9 nitrogen and oxygen atoms in total. The maximum atomic E-state index is 12.7. The van der Waals surface area contributed by atoms with Crippen LogP contribution < -0.4 is 26.1 Å². The van der Waals surface area contributed by atoms with Gasteiger partial charge in [0.05, 0.1) is 55.1 Å². The van der Waals surface area contributed by atoms with E-state index in [9.17, 15) is 9.59 Å². The lowest BCUT2D eigenvalue weighted by molar-refractivity contribution is 0.123. The van der Waals surface area contributed by atoms with Crippen LogP contribution in [0.25, 0.3) is 44.1 Å². The Hall–Kier alpha value is -5.38. The highest BCUT2D eigenvalue weighted by atomic mass is 16.5. The minimum absolute atomic E-state index is 0. The Balaban J connectivity index is 0.000000201. The largest absolute Gasteiger partial charge is 0.497 e. The van der Waals surface area contributed by atoms with Gasteiger partial charge in [0.25, 0.3) is 11.1 Å². The van der Waals surface area contributed by atoms with Crippen molar-refractivity contribution >= 4 is 32.9 Å². The van der Waals surface area contributed by atoms with Crippen molar-refractivity contribution in [1.82, 2.24) is 9.97 Å². The van der Waals surface area contributed by atoms with Gasteiger partial charge in [-0.25, -0.2) is 0 Å². The van der Waals surface area contributed by atoms with Gasteiger partial charge in [0.1, 0.15) is 5.75 Å². The summed E-state index contributed by atoms with van der Waals surface area (Å²) in [6.07, 6.45) is 0.996. The van der Waals surface area contributed by atoms with Gasteiger partial charge in [0, 0.05) is 53.5 Å². The number of methoxy groups -OCH3 is 1. The Morgan fingerprint density at radius 1 is 0.698 bits per heavy atom. The van der Waals surface area contributed by atoms with Crippen LogP contribution >= 0.6 is 0 Å². The number of hydrogen-bond acceptors (Lipinski definition) is 7. The maximum Gasteiger partial charge on any atom is 0.256 e. The highest BCUT2D eigenvalue weighted by molar-refractivity contribution is 6.01. The fourth-order valence-electron chi connectivity index (χ4n) is 6.52. The monoisotopic (exact) mass is 716 g/mol. The summed E-state index contributed by atoms with van der Waals surface area (Å²) in [5, 5.41) is 6.68. The molecule has 0 spiro atoms. The number of ether oxygens (including phenoxy) is 3. The molecular formula is C44H52N4O5. The summed E-state index contributed by atoms with van der Waals surface area (Å²) in [5.74, 6) is 0.660. The molecule has 0 atom stereocenters. The Morgan fingerprint density at radius 2 is 1.26 bits per heavy atom. The van der Waals surface area contributed by atoms with E-state index < -0.39 is 0 Å². The van der Waals surface area contributed by atoms with Gasteiger partial charge >= 0.3 is 0 Å². The molecule has 9 heteroatoms. The lowest BCUT2D eigenvalue weighted by Gasteiger charge is -2.31. The number of anilines is 2. The smallest absolute Gasteiger partial charge is 0.256 e. The van der Waals surface area contributed by atoms with Gasteiger partial charge in [-0.05, 0) is 51.5 Å². The second-order valence-electron chi connectivity index (χ2n) is 13.2. The molecule has 7 rings (SSSR count). The van der Waals surface area contributed by atoms with Crippen LogP contribution in [0.2, 0.25) is 0 Å². The summed E-state index contributed by atoms with van der Waals surface area (Å²) < 4.78 is 16.4. The van der Waals surface area contributed by atoms with Gasteiger partial charge in [0.15, 0.2) is 0 Å². The number of benzene rings is 4. The Labute approximate surface area is 311 Å². The van der Waals surface area contributed by atoms with E-state index in [-0.39, 0.29) is 18.5 Å². The fraction of sp³-hybridized carbons (Fsp3) is 0.318. The third-order valence-corrected chi connectivity index (χ3v) is 9.28. The number of aromatic nitrogens is 2. The Bertz CT molecular complexity index is 2250. The van der Waals surface area contributed by atoms with E-state index >= 15 is 0 Å². The van der Waals surface area contributed by atoms with E-state index in [1.54, 1.807) is 13.2 Å². The first-order valence-electron chi connectivity index (χ1n) is 18.0. The zero-order valence-corrected chi connectivity index (χ0v) is 30.7. The van der Waals surface area contributed by atoms with Gasteiger partial charge in [-0.3, -0.25) is 9.59 Å². The van der Waals surface area contributed by atoms with Crippen molar-refractivity contribution in [2.45, 2.75) is 41.5 Å². The molecule has 4 aromatic carbocycles. The third-order valence-electron chi connectivity index (χ3n) is 9.28. The summed E-state index contributed by atoms with van der Waals surface area (Å²) in [7, 11) is 1.60. The normalized spacial score (nSPS) is 12.6. The molecule has 1 aliphatic rings. The van der Waals surface area contributed by atoms with E-state index in [1.807, 2.05) is 56.3 Å². The first kappa shape index (κ1) is 38.8. The lowest BCUT2D eigenvalue weighted by Crippen LogP contribution is -2.37. The van der Waals surface area contributed by atoms with Gasteiger partial charge in [-0.2, -0.15) is 0 Å². The molecular weight excluding hydrogens is 665 g/mol. The third kappa shape index (κ3) is 8.99. The van der Waals surface area contributed by atoms with Crippen molar-refractivity contribution in [3.8, 4) is 28.3 Å². The zero-order valence-electron chi connectivity index (χ0n) is 30.7. The summed E-state index contributed by atoms with van der Waals surface area (Å²) in [6, 6.07) is 28.1. The fourth-order valence-corrected chi connectivity index (χ4v) is 6.52. The van der Waals surface area contributed by atoms with Crippen molar-refractivity contribution in [2.75, 3.05) is 63.4 Å². The molecule has 278 valence electrons. The van der Waals surface area contributed by atoms with Crippen LogP contribution in [0, 0.1) is 20.8 Å². The molecule has 6 aromatic rings. The number of nitrogens with one attached hydrogen (secondary N) is 3. The minimum atomic E-state index is -0.132. The van der Waals surface area contributed by atoms with Crippen molar-refractivity contribution < 1.29 is 14.2 Å². The first-order chi connectivity index (χ1) is 25.3. The molecule has 0 radical (unpaired) electrons. The topological polar surface area (TPSA) is 109 Å². The Kier molecular flexibility index (Phi) is 13.1. The van der Waals surface area contributed by atoms with E-state index in [4.69, 9.17) is 14.2 Å². The molecule has 3 N–H and O–H groups in total. The summed E-state index contributed by atoms with van der Waals surface area (Å²) in [5.41, 5.74) is 8.98. The minimum Gasteiger partial charge on any atom is -0.497 e. The molecule has 0 amide bonds. The van der Waals surface area contributed by atoms with Crippen molar-refractivity contribution in [3.63, 3.8) is 0 Å². The highest BCUT2D eigenvalue weighted by Gasteiger charge is 2.21. The highest BCUT2D eigenvalue weighted by Crippen LogP contribution is 2.36. The second-order valence-corrected chi connectivity index (χ2v) is 13.2. The predicted molar refractivity (Wildman–Crippen MR) is 220 cm³/mol. The number of rotatable bonds is 10. The van der Waals surface area contributed by atoms with Crippen LogP contribution in [0.1, 0.15) is 37.5 Å². The molecule has 0 bridgehead atoms. The van der Waals surface area contributed by atoms with Crippen LogP contribution in [0.4, 0.5) is 11.4 Å². The van der Waals surface area contributed by atoms with Crippen LogP contribution in [0.15, 0.2) is 94.5 Å². The van der Waals surface area contributed by atoms with Gasteiger partial charge < -0.3 is 34.4 Å². The number of aromatic amines is 2. The van der Waals surface area contributed by atoms with E-state index in [1.165, 1.54) is 11.1 Å². The molecule has 3 heterocycles. The van der Waals surface area contributed by atoms with Crippen LogP contribution in [0.3, 0.4) is 0 Å². The molecule has 0 unspecified atom stereocenters. The summed E-state index contributed by atoms with van der Waals surface area (Å²) in [4.78, 5) is 34.0. The number of morpholine rings is 1. The number of aryl methyl sites for hydroxylation is 3. The molecule has 53 heavy (non-hydrogen) atoms. The van der Waals surface area contributed by atoms with E-state index in [0.29, 0.717) is 37.5 Å². The van der Waals surface area contributed by atoms with Gasteiger partial charge in [-0.15, -0.1) is 0 Å². The zero-order chi connectivity index (χ0) is 36.6. The van der Waals surface area contributed by atoms with Crippen molar-refractivity contribution in [2.24, 2.45) is 0 Å². The van der Waals surface area contributed by atoms with Gasteiger partial charge in [0.2, 0.25) is 0 Å². The van der Waals surface area contributed by atoms with Crippen LogP contribution in [-0.4, -0.2) is 63.1 Å². The summed E-state index contributed by atoms with van der Waals surface area (Å²) >= 11 is 0. The predicted octanol–water partition coefficient (Wildman–Crippen LogP) is 8.64. The number of H-pyrrole nitrogens is 2. The van der Waals surface area contributed by atoms with Crippen LogP contribution in [-0.2, 0) is 9.47 Å². The molecule has 0 aliphatic carbocycles. The van der Waals surface area contributed by atoms with E-state index in [2.05, 4.69) is 70.4 Å². The SMILES string of the molecule is C.CCCOCCNc1c(-c2ccc(C)cc2)[nH]c(=O)c2cc(OC)ccc12.Cc1ccc(-c2[nH]c(=O)c3cc(C)ccc3c2N2CCOCC2)cc1. The molecule has 0 saturated carbocycles. The Morgan fingerprint density at radius 3 is 1.89 bits per heavy atom. The number of pyridine rings is 2. The lowest BCUT2D eigenvalue weighted by atomic mass is 10.0. The number of nitrogens with zero attached hydrogens (tertiary/aromatic N) is 1. The van der Waals surface area contributed by atoms with Crippen molar-refractivity contribution in [1.29, 1.82) is 0 Å². The quantitative estimate of drug-likeness (QED) is 0.122. The second kappa shape index (κ2) is 17.9. The van der Waals surface area contributed by atoms with E-state index in [0.717, 1.165) is 81.7 Å². The van der Waals surface area contributed by atoms with Gasteiger partial charge in [-0.1, -0.05) is 91.7 Å². The summed E-state index contributed by atoms with van der Waals surface area (Å²) in [6.45, 7) is 13.3. The number of fused-ring (bicyclic) bond motifs is 2. The maximum absolute atomic E-state index is 12.7. The molecule has 2 aromatic heterocycles.